The molecule has 1 rings (SSSR count). The molecule has 0 radical (unpaired) electrons. The molecular formula is C12H25N. The predicted molar refractivity (Wildman–Crippen MR) is 61.0 cm³/mol. The van der Waals surface area contributed by atoms with Crippen LogP contribution in [0.2, 0.25) is 0 Å². The number of allylic oxidation sites excluding steroid dienone is 1. The maximum absolute atomic E-state index is 2.42. The van der Waals surface area contributed by atoms with Crippen molar-refractivity contribution in [2.75, 3.05) is 20.1 Å². The second kappa shape index (κ2) is 7.14. The standard InChI is InChI=1S/C10H19N.C2H6/c1-9(2)10-6-4-5-7-11(3)8-10;1-2/h6,9H,4-5,7-8H2,1-3H3;1-2H3. The van der Waals surface area contributed by atoms with Crippen LogP contribution in [0.1, 0.15) is 40.5 Å². The van der Waals surface area contributed by atoms with E-state index in [0.717, 1.165) is 5.92 Å². The third kappa shape index (κ3) is 5.09. The van der Waals surface area contributed by atoms with Gasteiger partial charge in [0.2, 0.25) is 0 Å². The van der Waals surface area contributed by atoms with Crippen molar-refractivity contribution in [3.8, 4) is 0 Å². The SMILES string of the molecule is CC.CC(C)C1=CCCCN(C)C1. The number of hydrogen-bond donors (Lipinski definition) is 0. The van der Waals surface area contributed by atoms with E-state index in [4.69, 9.17) is 0 Å². The normalized spacial score (nSPS) is 18.8. The zero-order valence-corrected chi connectivity index (χ0v) is 9.93. The van der Waals surface area contributed by atoms with E-state index in [1.54, 1.807) is 5.57 Å². The van der Waals surface area contributed by atoms with Gasteiger partial charge < -0.3 is 4.90 Å². The predicted octanol–water partition coefficient (Wildman–Crippen LogP) is 3.32. The summed E-state index contributed by atoms with van der Waals surface area (Å²) < 4.78 is 0. The summed E-state index contributed by atoms with van der Waals surface area (Å²) in [7, 11) is 2.21. The molecule has 0 aromatic rings. The highest BCUT2D eigenvalue weighted by Gasteiger charge is 2.09. The fraction of sp³-hybridized carbons (Fsp3) is 0.833. The molecule has 0 saturated heterocycles. The van der Waals surface area contributed by atoms with Crippen LogP contribution in [-0.4, -0.2) is 25.0 Å². The van der Waals surface area contributed by atoms with Gasteiger partial charge in [-0.05, 0) is 32.4 Å². The largest absolute Gasteiger partial charge is 0.302 e. The topological polar surface area (TPSA) is 3.24 Å². The minimum Gasteiger partial charge on any atom is -0.302 e. The van der Waals surface area contributed by atoms with Crippen molar-refractivity contribution >= 4 is 0 Å². The number of rotatable bonds is 1. The molecule has 1 aliphatic rings. The van der Waals surface area contributed by atoms with Gasteiger partial charge in [0.05, 0.1) is 0 Å². The van der Waals surface area contributed by atoms with Crippen LogP contribution in [0.25, 0.3) is 0 Å². The molecule has 0 spiro atoms. The van der Waals surface area contributed by atoms with E-state index in [2.05, 4.69) is 31.9 Å². The van der Waals surface area contributed by atoms with Gasteiger partial charge in [0.1, 0.15) is 0 Å². The first-order valence-corrected chi connectivity index (χ1v) is 5.57. The summed E-state index contributed by atoms with van der Waals surface area (Å²) in [6, 6.07) is 0. The molecule has 0 saturated carbocycles. The highest BCUT2D eigenvalue weighted by molar-refractivity contribution is 5.08. The van der Waals surface area contributed by atoms with Crippen LogP contribution >= 0.6 is 0 Å². The highest BCUT2D eigenvalue weighted by Crippen LogP contribution is 2.15. The smallest absolute Gasteiger partial charge is 0.0192 e. The molecule has 0 atom stereocenters. The fourth-order valence-electron chi connectivity index (χ4n) is 1.52. The number of hydrogen-bond acceptors (Lipinski definition) is 1. The molecular weight excluding hydrogens is 158 g/mol. The Labute approximate surface area is 83.8 Å². The lowest BCUT2D eigenvalue weighted by atomic mass is 10.0. The first-order valence-electron chi connectivity index (χ1n) is 5.57. The molecule has 0 unspecified atom stereocenters. The molecule has 78 valence electrons. The van der Waals surface area contributed by atoms with E-state index in [-0.39, 0.29) is 0 Å². The van der Waals surface area contributed by atoms with Crippen LogP contribution in [0, 0.1) is 5.92 Å². The quantitative estimate of drug-likeness (QED) is 0.564. The van der Waals surface area contributed by atoms with Crippen molar-refractivity contribution in [3.63, 3.8) is 0 Å². The van der Waals surface area contributed by atoms with E-state index >= 15 is 0 Å². The maximum atomic E-state index is 2.42. The molecule has 1 heterocycles. The summed E-state index contributed by atoms with van der Waals surface area (Å²) in [6.45, 7) is 11.0. The van der Waals surface area contributed by atoms with E-state index in [0.29, 0.717) is 0 Å². The molecule has 1 nitrogen and oxygen atoms in total. The van der Waals surface area contributed by atoms with Gasteiger partial charge in [-0.1, -0.05) is 39.3 Å². The molecule has 0 N–H and O–H groups in total. The van der Waals surface area contributed by atoms with Crippen molar-refractivity contribution in [2.45, 2.75) is 40.5 Å². The Kier molecular flexibility index (Phi) is 6.97. The third-order valence-electron chi connectivity index (χ3n) is 2.34. The van der Waals surface area contributed by atoms with E-state index in [1.165, 1.54) is 25.9 Å². The molecule has 0 aromatic heterocycles. The molecule has 1 aliphatic heterocycles. The molecule has 13 heavy (non-hydrogen) atoms. The Bertz CT molecular complexity index is 147. The summed E-state index contributed by atoms with van der Waals surface area (Å²) in [6.07, 6.45) is 5.03. The molecule has 0 aliphatic carbocycles. The Morgan fingerprint density at radius 3 is 2.46 bits per heavy atom. The van der Waals surface area contributed by atoms with Crippen LogP contribution in [-0.2, 0) is 0 Å². The van der Waals surface area contributed by atoms with Crippen molar-refractivity contribution in [2.24, 2.45) is 5.92 Å². The van der Waals surface area contributed by atoms with Crippen molar-refractivity contribution < 1.29 is 0 Å². The summed E-state index contributed by atoms with van der Waals surface area (Å²) in [4.78, 5) is 2.42. The van der Waals surface area contributed by atoms with Crippen molar-refractivity contribution in [1.29, 1.82) is 0 Å². The van der Waals surface area contributed by atoms with Gasteiger partial charge in [-0.15, -0.1) is 0 Å². The fourth-order valence-corrected chi connectivity index (χ4v) is 1.52. The Morgan fingerprint density at radius 1 is 1.31 bits per heavy atom. The maximum Gasteiger partial charge on any atom is 0.0192 e. The Balaban J connectivity index is 0.000000671. The van der Waals surface area contributed by atoms with Gasteiger partial charge >= 0.3 is 0 Å². The second-order valence-electron chi connectivity index (χ2n) is 3.81. The first-order chi connectivity index (χ1) is 6.20. The van der Waals surface area contributed by atoms with Gasteiger partial charge in [-0.25, -0.2) is 0 Å². The minimum atomic E-state index is 0.732. The summed E-state index contributed by atoms with van der Waals surface area (Å²) in [5.74, 6) is 0.732. The van der Waals surface area contributed by atoms with Gasteiger partial charge in [0.15, 0.2) is 0 Å². The van der Waals surface area contributed by atoms with Crippen LogP contribution in [0.15, 0.2) is 11.6 Å². The third-order valence-corrected chi connectivity index (χ3v) is 2.34. The van der Waals surface area contributed by atoms with Gasteiger partial charge in [0, 0.05) is 6.54 Å². The number of nitrogens with zero attached hydrogens (tertiary/aromatic N) is 1. The van der Waals surface area contributed by atoms with Crippen LogP contribution < -0.4 is 0 Å². The Hall–Kier alpha value is -0.300. The zero-order valence-electron chi connectivity index (χ0n) is 9.93. The molecule has 0 amide bonds. The average molecular weight is 183 g/mol. The zero-order chi connectivity index (χ0) is 10.3. The van der Waals surface area contributed by atoms with Crippen molar-refractivity contribution in [1.82, 2.24) is 4.90 Å². The minimum absolute atomic E-state index is 0.732. The summed E-state index contributed by atoms with van der Waals surface area (Å²) >= 11 is 0. The van der Waals surface area contributed by atoms with Crippen LogP contribution in [0.5, 0.6) is 0 Å². The molecule has 0 bridgehead atoms. The van der Waals surface area contributed by atoms with E-state index < -0.39 is 0 Å². The molecule has 0 fully saturated rings. The highest BCUT2D eigenvalue weighted by atomic mass is 15.1. The lowest BCUT2D eigenvalue weighted by Crippen LogP contribution is -2.21. The number of likely N-dealkylation sites (N-methyl/N-ethyl adjacent to an activating group) is 1. The lowest BCUT2D eigenvalue weighted by molar-refractivity contribution is 0.357. The van der Waals surface area contributed by atoms with E-state index in [1.807, 2.05) is 13.8 Å². The Morgan fingerprint density at radius 2 is 1.92 bits per heavy atom. The monoisotopic (exact) mass is 183 g/mol. The van der Waals surface area contributed by atoms with E-state index in [9.17, 15) is 0 Å². The lowest BCUT2D eigenvalue weighted by Gasteiger charge is -2.17. The molecule has 1 heteroatoms. The first kappa shape index (κ1) is 12.7. The molecule has 0 aromatic carbocycles. The van der Waals surface area contributed by atoms with Gasteiger partial charge in [-0.2, -0.15) is 0 Å². The summed E-state index contributed by atoms with van der Waals surface area (Å²) in [5, 5.41) is 0. The van der Waals surface area contributed by atoms with Crippen LogP contribution in [0.3, 0.4) is 0 Å². The van der Waals surface area contributed by atoms with Gasteiger partial charge in [0.25, 0.3) is 0 Å². The van der Waals surface area contributed by atoms with Crippen LogP contribution in [0.4, 0.5) is 0 Å². The second-order valence-corrected chi connectivity index (χ2v) is 3.81. The summed E-state index contributed by atoms with van der Waals surface area (Å²) in [5.41, 5.74) is 1.62. The van der Waals surface area contributed by atoms with Crippen molar-refractivity contribution in [3.05, 3.63) is 11.6 Å². The van der Waals surface area contributed by atoms with Gasteiger partial charge in [-0.3, -0.25) is 0 Å². The average Bonchev–Trinajstić information content (AvgIpc) is 2.33.